The Bertz CT molecular complexity index is 331. The van der Waals surface area contributed by atoms with Crippen LogP contribution in [0.2, 0.25) is 0 Å². The molecule has 18 heavy (non-hydrogen) atoms. The van der Waals surface area contributed by atoms with Gasteiger partial charge < -0.3 is 10.2 Å². The number of thiophene rings is 1. The molecule has 0 saturated heterocycles. The Balaban J connectivity index is 2.33. The lowest BCUT2D eigenvalue weighted by molar-refractivity contribution is 0.291. The second kappa shape index (κ2) is 7.93. The highest BCUT2D eigenvalue weighted by atomic mass is 32.1. The molecular weight excluding hydrogens is 240 g/mol. The van der Waals surface area contributed by atoms with Crippen molar-refractivity contribution in [2.75, 3.05) is 20.1 Å². The molecule has 0 radical (unpaired) electrons. The maximum absolute atomic E-state index is 3.50. The lowest BCUT2D eigenvalue weighted by atomic mass is 10.2. The topological polar surface area (TPSA) is 15.3 Å². The monoisotopic (exact) mass is 268 g/mol. The first-order valence-electron chi connectivity index (χ1n) is 6.94. The minimum Gasteiger partial charge on any atom is -0.312 e. The molecule has 0 aromatic carbocycles. The Hall–Kier alpha value is -0.380. The van der Waals surface area contributed by atoms with E-state index >= 15 is 0 Å². The molecule has 0 fully saturated rings. The van der Waals surface area contributed by atoms with Crippen molar-refractivity contribution in [2.45, 2.75) is 40.8 Å². The lowest BCUT2D eigenvalue weighted by Crippen LogP contribution is -2.22. The van der Waals surface area contributed by atoms with Crippen LogP contribution in [0.1, 0.15) is 37.4 Å². The summed E-state index contributed by atoms with van der Waals surface area (Å²) in [7, 11) is 2.20. The van der Waals surface area contributed by atoms with Crippen LogP contribution in [0.3, 0.4) is 0 Å². The summed E-state index contributed by atoms with van der Waals surface area (Å²) in [6, 6.07) is 4.53. The fourth-order valence-corrected chi connectivity index (χ4v) is 3.11. The minimum atomic E-state index is 0.724. The van der Waals surface area contributed by atoms with Crippen molar-refractivity contribution in [3.05, 3.63) is 21.9 Å². The molecule has 1 N–H and O–H groups in total. The molecule has 2 nitrogen and oxygen atoms in total. The van der Waals surface area contributed by atoms with E-state index in [1.54, 1.807) is 0 Å². The van der Waals surface area contributed by atoms with Crippen molar-refractivity contribution in [3.8, 4) is 0 Å². The lowest BCUT2D eigenvalue weighted by Gasteiger charge is -2.17. The van der Waals surface area contributed by atoms with Crippen molar-refractivity contribution in [1.82, 2.24) is 10.2 Å². The van der Waals surface area contributed by atoms with Gasteiger partial charge in [0.05, 0.1) is 0 Å². The van der Waals surface area contributed by atoms with E-state index in [9.17, 15) is 0 Å². The summed E-state index contributed by atoms with van der Waals surface area (Å²) >= 11 is 1.94. The average Bonchev–Trinajstić information content (AvgIpc) is 2.63. The van der Waals surface area contributed by atoms with Crippen molar-refractivity contribution in [3.63, 3.8) is 0 Å². The normalized spacial score (nSPS) is 12.0. The molecule has 1 aromatic rings. The van der Waals surface area contributed by atoms with Crippen LogP contribution in [-0.4, -0.2) is 25.0 Å². The maximum Gasteiger partial charge on any atom is 0.0325 e. The molecule has 0 bridgehead atoms. The Labute approximate surface area is 116 Å². The first-order chi connectivity index (χ1) is 8.47. The molecule has 1 rings (SSSR count). The summed E-state index contributed by atoms with van der Waals surface area (Å²) in [5.41, 5.74) is 0. The van der Waals surface area contributed by atoms with Crippen LogP contribution in [0.5, 0.6) is 0 Å². The summed E-state index contributed by atoms with van der Waals surface area (Å²) in [6.45, 7) is 13.4. The first-order valence-corrected chi connectivity index (χ1v) is 7.76. The number of nitrogens with one attached hydrogen (secondary N) is 1. The van der Waals surface area contributed by atoms with E-state index in [0.29, 0.717) is 0 Å². The maximum atomic E-state index is 3.50. The van der Waals surface area contributed by atoms with E-state index in [1.165, 1.54) is 16.3 Å². The van der Waals surface area contributed by atoms with Gasteiger partial charge >= 0.3 is 0 Å². The number of hydrogen-bond donors (Lipinski definition) is 1. The molecule has 0 aliphatic rings. The van der Waals surface area contributed by atoms with E-state index < -0.39 is 0 Å². The molecule has 3 heteroatoms. The highest BCUT2D eigenvalue weighted by Crippen LogP contribution is 2.18. The van der Waals surface area contributed by atoms with Gasteiger partial charge in [-0.2, -0.15) is 0 Å². The Morgan fingerprint density at radius 3 is 2.39 bits per heavy atom. The third kappa shape index (κ3) is 6.53. The van der Waals surface area contributed by atoms with Gasteiger partial charge in [-0.25, -0.2) is 0 Å². The molecule has 0 amide bonds. The Morgan fingerprint density at radius 2 is 1.78 bits per heavy atom. The third-order valence-corrected chi connectivity index (χ3v) is 3.74. The molecule has 0 saturated carbocycles. The number of nitrogens with zero attached hydrogens (tertiary/aromatic N) is 1. The van der Waals surface area contributed by atoms with Gasteiger partial charge in [0.1, 0.15) is 0 Å². The Morgan fingerprint density at radius 1 is 1.11 bits per heavy atom. The van der Waals surface area contributed by atoms with Crippen molar-refractivity contribution in [1.29, 1.82) is 0 Å². The van der Waals surface area contributed by atoms with Gasteiger partial charge in [-0.1, -0.05) is 27.7 Å². The predicted octanol–water partition coefficient (Wildman–Crippen LogP) is 3.58. The SMILES string of the molecule is CC(C)CNCc1ccc(CN(C)CC(C)C)s1. The zero-order valence-corrected chi connectivity index (χ0v) is 13.3. The van der Waals surface area contributed by atoms with Crippen LogP contribution >= 0.6 is 11.3 Å². The standard InChI is InChI=1S/C15H28N2S/c1-12(2)8-16-9-14-6-7-15(18-14)11-17(5)10-13(3)4/h6-7,12-13,16H,8-11H2,1-5H3. The third-order valence-electron chi connectivity index (χ3n) is 2.67. The molecular formula is C15H28N2S. The zero-order valence-electron chi connectivity index (χ0n) is 12.5. The van der Waals surface area contributed by atoms with E-state index in [0.717, 1.165) is 31.5 Å². The second-order valence-corrected chi connectivity index (χ2v) is 7.24. The van der Waals surface area contributed by atoms with Crippen LogP contribution in [0, 0.1) is 11.8 Å². The van der Waals surface area contributed by atoms with Crippen LogP contribution in [0.4, 0.5) is 0 Å². The minimum absolute atomic E-state index is 0.724. The Kier molecular flexibility index (Phi) is 6.90. The highest BCUT2D eigenvalue weighted by Gasteiger charge is 2.05. The zero-order chi connectivity index (χ0) is 13.5. The van der Waals surface area contributed by atoms with Crippen molar-refractivity contribution in [2.24, 2.45) is 11.8 Å². The molecule has 0 spiro atoms. The van der Waals surface area contributed by atoms with Crippen LogP contribution < -0.4 is 5.32 Å². The van der Waals surface area contributed by atoms with Gasteiger partial charge in [-0.15, -0.1) is 11.3 Å². The van der Waals surface area contributed by atoms with Gasteiger partial charge in [-0.05, 0) is 37.6 Å². The first kappa shape index (κ1) is 15.7. The van der Waals surface area contributed by atoms with Gasteiger partial charge in [0.25, 0.3) is 0 Å². The molecule has 0 aliphatic heterocycles. The van der Waals surface area contributed by atoms with Gasteiger partial charge in [0.15, 0.2) is 0 Å². The van der Waals surface area contributed by atoms with Crippen molar-refractivity contribution >= 4 is 11.3 Å². The summed E-state index contributed by atoms with van der Waals surface area (Å²) in [6.07, 6.45) is 0. The fourth-order valence-electron chi connectivity index (χ4n) is 2.04. The summed E-state index contributed by atoms with van der Waals surface area (Å²) < 4.78 is 0. The van der Waals surface area contributed by atoms with Crippen LogP contribution in [0.15, 0.2) is 12.1 Å². The molecule has 1 heterocycles. The van der Waals surface area contributed by atoms with E-state index in [4.69, 9.17) is 0 Å². The molecule has 0 aliphatic carbocycles. The fraction of sp³-hybridized carbons (Fsp3) is 0.733. The van der Waals surface area contributed by atoms with Crippen LogP contribution in [0.25, 0.3) is 0 Å². The molecule has 1 aromatic heterocycles. The average molecular weight is 268 g/mol. The van der Waals surface area contributed by atoms with E-state index in [1.807, 2.05) is 11.3 Å². The van der Waals surface area contributed by atoms with Crippen LogP contribution in [-0.2, 0) is 13.1 Å². The van der Waals surface area contributed by atoms with Gasteiger partial charge in [-0.3, -0.25) is 0 Å². The number of rotatable bonds is 8. The van der Waals surface area contributed by atoms with Gasteiger partial charge in [0, 0.05) is 29.4 Å². The van der Waals surface area contributed by atoms with E-state index in [-0.39, 0.29) is 0 Å². The predicted molar refractivity (Wildman–Crippen MR) is 82.0 cm³/mol. The smallest absolute Gasteiger partial charge is 0.0325 e. The quantitative estimate of drug-likeness (QED) is 0.775. The molecule has 104 valence electrons. The second-order valence-electron chi connectivity index (χ2n) is 5.98. The van der Waals surface area contributed by atoms with Gasteiger partial charge in [0.2, 0.25) is 0 Å². The summed E-state index contributed by atoms with van der Waals surface area (Å²) in [5.74, 6) is 1.46. The highest BCUT2D eigenvalue weighted by molar-refractivity contribution is 7.11. The van der Waals surface area contributed by atoms with Crippen molar-refractivity contribution < 1.29 is 0 Å². The molecule has 0 unspecified atom stereocenters. The largest absolute Gasteiger partial charge is 0.312 e. The summed E-state index contributed by atoms with van der Waals surface area (Å²) in [5, 5.41) is 3.50. The summed E-state index contributed by atoms with van der Waals surface area (Å²) in [4.78, 5) is 5.32. The van der Waals surface area contributed by atoms with E-state index in [2.05, 4.69) is 57.1 Å². The number of hydrogen-bond acceptors (Lipinski definition) is 3. The molecule has 0 atom stereocenters.